The molecule has 0 amide bonds. The molecule has 0 saturated carbocycles. The second-order valence-electron chi connectivity index (χ2n) is 5.25. The van der Waals surface area contributed by atoms with Crippen LogP contribution in [0.1, 0.15) is 40.7 Å². The topological polar surface area (TPSA) is 22.0 Å². The minimum atomic E-state index is -0.257. The van der Waals surface area contributed by atoms with E-state index in [1.807, 2.05) is 10.8 Å². The first-order chi connectivity index (χ1) is 9.63. The van der Waals surface area contributed by atoms with Crippen molar-refractivity contribution in [3.05, 3.63) is 57.6 Å². The SMILES string of the molecule is O=C1CCCCc2cn(Cc3ccc(F)c(Br)c3)cc21. The molecular weight excluding hydrogens is 321 g/mol. The van der Waals surface area contributed by atoms with Gasteiger partial charge in [-0.25, -0.2) is 4.39 Å². The maximum absolute atomic E-state index is 13.2. The zero-order valence-corrected chi connectivity index (χ0v) is 12.6. The lowest BCUT2D eigenvalue weighted by Gasteiger charge is -2.04. The summed E-state index contributed by atoms with van der Waals surface area (Å²) in [6.45, 7) is 0.652. The standard InChI is InChI=1S/C16H15BrFNO/c17-14-7-11(5-6-15(14)18)8-19-9-12-3-1-2-4-16(20)13(12)10-19/h5-7,9-10H,1-4,8H2. The number of halogens is 2. The van der Waals surface area contributed by atoms with Crippen molar-refractivity contribution in [2.24, 2.45) is 0 Å². The second kappa shape index (κ2) is 5.52. The summed E-state index contributed by atoms with van der Waals surface area (Å²) in [5.41, 5.74) is 3.02. The molecule has 0 aliphatic heterocycles. The summed E-state index contributed by atoms with van der Waals surface area (Å²) in [6, 6.07) is 5.01. The average molecular weight is 336 g/mol. The highest BCUT2D eigenvalue weighted by atomic mass is 79.9. The Morgan fingerprint density at radius 2 is 2.00 bits per heavy atom. The number of carbonyl (C=O) groups is 1. The maximum atomic E-state index is 13.2. The van der Waals surface area contributed by atoms with Gasteiger partial charge in [-0.1, -0.05) is 6.07 Å². The molecule has 1 heterocycles. The van der Waals surface area contributed by atoms with E-state index in [1.165, 1.54) is 6.07 Å². The van der Waals surface area contributed by atoms with Crippen LogP contribution in [0.25, 0.3) is 0 Å². The van der Waals surface area contributed by atoms with E-state index < -0.39 is 0 Å². The van der Waals surface area contributed by atoms with Crippen LogP contribution in [-0.4, -0.2) is 10.4 Å². The molecule has 0 atom stereocenters. The molecule has 0 spiro atoms. The molecule has 1 aliphatic rings. The van der Waals surface area contributed by atoms with E-state index in [4.69, 9.17) is 0 Å². The van der Waals surface area contributed by atoms with E-state index in [1.54, 1.807) is 12.1 Å². The van der Waals surface area contributed by atoms with E-state index in [0.29, 0.717) is 17.4 Å². The molecule has 0 fully saturated rings. The van der Waals surface area contributed by atoms with Crippen LogP contribution in [0.5, 0.6) is 0 Å². The van der Waals surface area contributed by atoms with Gasteiger partial charge in [-0.3, -0.25) is 4.79 Å². The molecule has 0 saturated heterocycles. The molecule has 2 nitrogen and oxygen atoms in total. The van der Waals surface area contributed by atoms with Crippen molar-refractivity contribution < 1.29 is 9.18 Å². The number of benzene rings is 1. The molecule has 3 rings (SSSR count). The molecular formula is C16H15BrFNO. The van der Waals surface area contributed by atoms with E-state index in [0.717, 1.165) is 36.0 Å². The zero-order chi connectivity index (χ0) is 14.1. The fraction of sp³-hybridized carbons (Fsp3) is 0.312. The Bertz CT molecular complexity index is 662. The van der Waals surface area contributed by atoms with Gasteiger partial charge in [0.15, 0.2) is 5.78 Å². The molecule has 0 bridgehead atoms. The highest BCUT2D eigenvalue weighted by Crippen LogP contribution is 2.23. The number of aromatic nitrogens is 1. The van der Waals surface area contributed by atoms with Crippen LogP contribution >= 0.6 is 15.9 Å². The molecule has 0 N–H and O–H groups in total. The summed E-state index contributed by atoms with van der Waals surface area (Å²) in [5, 5.41) is 0. The molecule has 2 aromatic rings. The molecule has 4 heteroatoms. The fourth-order valence-corrected chi connectivity index (χ4v) is 3.11. The van der Waals surface area contributed by atoms with Crippen molar-refractivity contribution in [1.29, 1.82) is 0 Å². The van der Waals surface area contributed by atoms with Crippen LogP contribution in [0.15, 0.2) is 35.1 Å². The highest BCUT2D eigenvalue weighted by Gasteiger charge is 2.17. The Hall–Kier alpha value is -1.42. The summed E-state index contributed by atoms with van der Waals surface area (Å²) < 4.78 is 15.7. The number of aryl methyl sites for hydroxylation is 1. The third kappa shape index (κ3) is 2.70. The van der Waals surface area contributed by atoms with Crippen molar-refractivity contribution >= 4 is 21.7 Å². The monoisotopic (exact) mass is 335 g/mol. The maximum Gasteiger partial charge on any atom is 0.164 e. The normalized spacial score (nSPS) is 15.0. The van der Waals surface area contributed by atoms with E-state index >= 15 is 0 Å². The van der Waals surface area contributed by atoms with Gasteiger partial charge in [0.05, 0.1) is 4.47 Å². The predicted molar refractivity (Wildman–Crippen MR) is 79.5 cm³/mol. The van der Waals surface area contributed by atoms with Gasteiger partial charge in [0.2, 0.25) is 0 Å². The molecule has 0 unspecified atom stereocenters. The van der Waals surface area contributed by atoms with Gasteiger partial charge < -0.3 is 4.57 Å². The van der Waals surface area contributed by atoms with Crippen LogP contribution in [0.3, 0.4) is 0 Å². The Kier molecular flexibility index (Phi) is 3.74. The average Bonchev–Trinajstić information content (AvgIpc) is 2.74. The summed E-state index contributed by atoms with van der Waals surface area (Å²) in [5.74, 6) is -0.0104. The molecule has 0 radical (unpaired) electrons. The molecule has 1 aliphatic carbocycles. The van der Waals surface area contributed by atoms with Gasteiger partial charge in [0.25, 0.3) is 0 Å². The fourth-order valence-electron chi connectivity index (χ4n) is 2.68. The van der Waals surface area contributed by atoms with E-state index in [2.05, 4.69) is 22.1 Å². The van der Waals surface area contributed by atoms with Gasteiger partial charge in [0.1, 0.15) is 5.82 Å². The lowest BCUT2D eigenvalue weighted by atomic mass is 10.1. The third-order valence-electron chi connectivity index (χ3n) is 3.71. The van der Waals surface area contributed by atoms with Gasteiger partial charge in [-0.2, -0.15) is 0 Å². The van der Waals surface area contributed by atoms with Crippen LogP contribution in [-0.2, 0) is 13.0 Å². The van der Waals surface area contributed by atoms with Gasteiger partial charge in [-0.05, 0) is 58.5 Å². The number of hydrogen-bond donors (Lipinski definition) is 0. The van der Waals surface area contributed by atoms with Crippen LogP contribution in [0.2, 0.25) is 0 Å². The van der Waals surface area contributed by atoms with Crippen molar-refractivity contribution in [1.82, 2.24) is 4.57 Å². The van der Waals surface area contributed by atoms with Crippen molar-refractivity contribution in [3.8, 4) is 0 Å². The Balaban J connectivity index is 1.86. The van der Waals surface area contributed by atoms with Crippen molar-refractivity contribution in [3.63, 3.8) is 0 Å². The summed E-state index contributed by atoms with van der Waals surface area (Å²) in [7, 11) is 0. The van der Waals surface area contributed by atoms with Crippen molar-refractivity contribution in [2.75, 3.05) is 0 Å². The summed E-state index contributed by atoms with van der Waals surface area (Å²) in [6.07, 6.45) is 7.67. The quantitative estimate of drug-likeness (QED) is 0.748. The van der Waals surface area contributed by atoms with Gasteiger partial charge in [-0.15, -0.1) is 0 Å². The number of hydrogen-bond acceptors (Lipinski definition) is 1. The second-order valence-corrected chi connectivity index (χ2v) is 6.10. The van der Waals surface area contributed by atoms with E-state index in [-0.39, 0.29) is 11.6 Å². The first-order valence-electron chi connectivity index (χ1n) is 6.79. The van der Waals surface area contributed by atoms with Crippen LogP contribution in [0.4, 0.5) is 4.39 Å². The summed E-state index contributed by atoms with van der Waals surface area (Å²) in [4.78, 5) is 12.0. The third-order valence-corrected chi connectivity index (χ3v) is 4.32. The Morgan fingerprint density at radius 3 is 2.80 bits per heavy atom. The lowest BCUT2D eigenvalue weighted by Crippen LogP contribution is -1.99. The minimum absolute atomic E-state index is 0.247. The smallest absolute Gasteiger partial charge is 0.164 e. The lowest BCUT2D eigenvalue weighted by molar-refractivity contribution is 0.0982. The molecule has 104 valence electrons. The Morgan fingerprint density at radius 1 is 1.20 bits per heavy atom. The van der Waals surface area contributed by atoms with Crippen LogP contribution < -0.4 is 0 Å². The predicted octanol–water partition coefficient (Wildman–Crippen LogP) is 4.35. The molecule has 1 aromatic carbocycles. The highest BCUT2D eigenvalue weighted by molar-refractivity contribution is 9.10. The Labute approximate surface area is 125 Å². The zero-order valence-electron chi connectivity index (χ0n) is 11.0. The van der Waals surface area contributed by atoms with Gasteiger partial charge >= 0.3 is 0 Å². The number of ketones is 1. The van der Waals surface area contributed by atoms with Crippen molar-refractivity contribution in [2.45, 2.75) is 32.2 Å². The number of carbonyl (C=O) groups excluding carboxylic acids is 1. The molecule has 20 heavy (non-hydrogen) atoms. The number of rotatable bonds is 2. The number of fused-ring (bicyclic) bond motifs is 1. The minimum Gasteiger partial charge on any atom is -0.349 e. The number of Topliss-reactive ketones (excluding diaryl/α,β-unsaturated/α-hetero) is 1. The van der Waals surface area contributed by atoms with Crippen LogP contribution in [0, 0.1) is 5.82 Å². The first kappa shape index (κ1) is 13.6. The first-order valence-corrected chi connectivity index (χ1v) is 7.58. The van der Waals surface area contributed by atoms with Gasteiger partial charge in [0, 0.05) is 30.9 Å². The van der Waals surface area contributed by atoms with E-state index in [9.17, 15) is 9.18 Å². The largest absolute Gasteiger partial charge is 0.349 e. The summed E-state index contributed by atoms with van der Waals surface area (Å²) >= 11 is 3.20. The molecule has 1 aromatic heterocycles. The number of nitrogens with zero attached hydrogens (tertiary/aromatic N) is 1.